The quantitative estimate of drug-likeness (QED) is 0.773. The molecule has 7 nitrogen and oxygen atoms in total. The van der Waals surface area contributed by atoms with Crippen LogP contribution >= 0.6 is 0 Å². The van der Waals surface area contributed by atoms with E-state index in [1.807, 2.05) is 0 Å². The van der Waals surface area contributed by atoms with Crippen molar-refractivity contribution < 1.29 is 37.3 Å². The zero-order valence-electron chi connectivity index (χ0n) is 14.0. The molecule has 1 aliphatic rings. The van der Waals surface area contributed by atoms with Crippen molar-refractivity contribution in [3.05, 3.63) is 29.6 Å². The van der Waals surface area contributed by atoms with Crippen molar-refractivity contribution in [2.75, 3.05) is 39.8 Å². The molecule has 0 saturated carbocycles. The minimum absolute atomic E-state index is 0.147. The zero-order valence-corrected chi connectivity index (χ0v) is 14.0. The zero-order chi connectivity index (χ0) is 19.3. The van der Waals surface area contributed by atoms with Crippen LogP contribution in [0.5, 0.6) is 5.75 Å². The maximum absolute atomic E-state index is 13.3. The molecule has 10 heteroatoms. The van der Waals surface area contributed by atoms with E-state index >= 15 is 0 Å². The number of ether oxygens (including phenoxy) is 2. The van der Waals surface area contributed by atoms with Crippen LogP contribution in [0.4, 0.5) is 13.2 Å². The Kier molecular flexibility index (Phi) is 6.81. The van der Waals surface area contributed by atoms with E-state index in [4.69, 9.17) is 9.84 Å². The van der Waals surface area contributed by atoms with Gasteiger partial charge < -0.3 is 19.5 Å². The lowest BCUT2D eigenvalue weighted by atomic mass is 10.1. The summed E-state index contributed by atoms with van der Waals surface area (Å²) in [7, 11) is 1.60. The number of carbonyl (C=O) groups is 2. The molecule has 1 aromatic carbocycles. The Balaban J connectivity index is 2.08. The fraction of sp³-hybridized carbons (Fsp3) is 0.500. The third-order valence-electron chi connectivity index (χ3n) is 3.74. The first kappa shape index (κ1) is 20.0. The average Bonchev–Trinajstić information content (AvgIpc) is 2.53. The van der Waals surface area contributed by atoms with Crippen LogP contribution in [0, 0.1) is 5.82 Å². The van der Waals surface area contributed by atoms with Gasteiger partial charge in [-0.3, -0.25) is 14.5 Å². The van der Waals surface area contributed by atoms with E-state index in [0.29, 0.717) is 0 Å². The Hall–Kier alpha value is -2.33. The van der Waals surface area contributed by atoms with Crippen molar-refractivity contribution in [3.63, 3.8) is 0 Å². The number of nitrogens with zero attached hydrogens (tertiary/aromatic N) is 2. The molecule has 1 heterocycles. The highest BCUT2D eigenvalue weighted by molar-refractivity contribution is 5.97. The fourth-order valence-electron chi connectivity index (χ4n) is 2.69. The first-order valence-corrected chi connectivity index (χ1v) is 7.82. The molecule has 2 rings (SSSR count). The van der Waals surface area contributed by atoms with Crippen molar-refractivity contribution in [1.29, 1.82) is 0 Å². The molecule has 144 valence electrons. The predicted octanol–water partition coefficient (Wildman–Crippen LogP) is 1.28. The highest BCUT2D eigenvalue weighted by Gasteiger charge is 2.28. The molecule has 1 amide bonds. The number of carbonyl (C=O) groups excluding carboxylic acids is 1. The molecule has 0 radical (unpaired) electrons. The maximum atomic E-state index is 13.3. The van der Waals surface area contributed by atoms with Gasteiger partial charge in [-0.05, 0) is 19.2 Å². The Morgan fingerprint density at radius 3 is 2.85 bits per heavy atom. The van der Waals surface area contributed by atoms with Crippen LogP contribution in [0.15, 0.2) is 18.2 Å². The summed E-state index contributed by atoms with van der Waals surface area (Å²) in [5.41, 5.74) is -0.175. The minimum Gasteiger partial charge on any atom is -0.480 e. The van der Waals surface area contributed by atoms with Gasteiger partial charge in [0.15, 0.2) is 0 Å². The summed E-state index contributed by atoms with van der Waals surface area (Å²) in [4.78, 5) is 26.3. The van der Waals surface area contributed by atoms with Crippen LogP contribution in [-0.4, -0.2) is 79.3 Å². The fourth-order valence-corrected chi connectivity index (χ4v) is 2.69. The van der Waals surface area contributed by atoms with Gasteiger partial charge in [-0.25, -0.2) is 4.39 Å². The summed E-state index contributed by atoms with van der Waals surface area (Å²) in [6, 6.07) is 2.82. The Labute approximate surface area is 147 Å². The van der Waals surface area contributed by atoms with Gasteiger partial charge in [-0.15, -0.1) is 0 Å². The van der Waals surface area contributed by atoms with E-state index in [2.05, 4.69) is 4.74 Å². The summed E-state index contributed by atoms with van der Waals surface area (Å²) < 4.78 is 48.1. The number of halogens is 3. The monoisotopic (exact) mass is 376 g/mol. The van der Waals surface area contributed by atoms with Crippen LogP contribution in [0.2, 0.25) is 0 Å². The van der Waals surface area contributed by atoms with Gasteiger partial charge in [0.1, 0.15) is 11.6 Å². The molecule has 1 saturated heterocycles. The number of amides is 1. The average molecular weight is 376 g/mol. The molecule has 1 atom stereocenters. The lowest BCUT2D eigenvalue weighted by Gasteiger charge is -2.34. The van der Waals surface area contributed by atoms with Gasteiger partial charge in [-0.2, -0.15) is 8.78 Å². The first-order chi connectivity index (χ1) is 12.3. The molecule has 0 aliphatic carbocycles. The smallest absolute Gasteiger partial charge is 0.387 e. The Morgan fingerprint density at radius 2 is 2.19 bits per heavy atom. The lowest BCUT2D eigenvalue weighted by Crippen LogP contribution is -2.49. The number of morpholine rings is 1. The summed E-state index contributed by atoms with van der Waals surface area (Å²) in [5, 5.41) is 8.77. The Bertz CT molecular complexity index is 659. The predicted molar refractivity (Wildman–Crippen MR) is 83.8 cm³/mol. The molecule has 0 spiro atoms. The SMILES string of the molecule is CN(CC(=O)O)CC1CN(C(=O)c2ccc(F)cc2OC(F)F)CCO1. The van der Waals surface area contributed by atoms with Gasteiger partial charge in [0.25, 0.3) is 5.91 Å². The van der Waals surface area contributed by atoms with Crippen LogP contribution in [0.3, 0.4) is 0 Å². The molecular weight excluding hydrogens is 357 g/mol. The van der Waals surface area contributed by atoms with E-state index < -0.39 is 36.2 Å². The maximum Gasteiger partial charge on any atom is 0.387 e. The number of carboxylic acid groups (broad SMARTS) is 1. The number of benzene rings is 1. The molecule has 1 aliphatic heterocycles. The summed E-state index contributed by atoms with van der Waals surface area (Å²) >= 11 is 0. The van der Waals surface area contributed by atoms with E-state index in [1.54, 1.807) is 7.05 Å². The third-order valence-corrected chi connectivity index (χ3v) is 3.74. The van der Waals surface area contributed by atoms with Crippen molar-refractivity contribution in [2.24, 2.45) is 0 Å². The normalized spacial score (nSPS) is 17.6. The number of alkyl halides is 2. The van der Waals surface area contributed by atoms with Crippen molar-refractivity contribution in [1.82, 2.24) is 9.80 Å². The molecule has 26 heavy (non-hydrogen) atoms. The Morgan fingerprint density at radius 1 is 1.46 bits per heavy atom. The summed E-state index contributed by atoms with van der Waals surface area (Å²) in [5.74, 6) is -2.91. The second kappa shape index (κ2) is 8.86. The highest BCUT2D eigenvalue weighted by atomic mass is 19.3. The number of carboxylic acids is 1. The third kappa shape index (κ3) is 5.60. The van der Waals surface area contributed by atoms with Gasteiger partial charge in [0.2, 0.25) is 0 Å². The van der Waals surface area contributed by atoms with Crippen LogP contribution in [0.1, 0.15) is 10.4 Å². The van der Waals surface area contributed by atoms with E-state index in [1.165, 1.54) is 9.80 Å². The van der Waals surface area contributed by atoms with Crippen LogP contribution in [0.25, 0.3) is 0 Å². The van der Waals surface area contributed by atoms with Gasteiger partial charge in [-0.1, -0.05) is 0 Å². The topological polar surface area (TPSA) is 79.3 Å². The van der Waals surface area contributed by atoms with E-state index in [9.17, 15) is 22.8 Å². The number of rotatable bonds is 7. The summed E-state index contributed by atoms with van der Waals surface area (Å²) in [6.45, 7) is -2.51. The minimum atomic E-state index is -3.19. The molecule has 1 N–H and O–H groups in total. The largest absolute Gasteiger partial charge is 0.480 e. The number of aliphatic carboxylic acids is 1. The van der Waals surface area contributed by atoms with Crippen LogP contribution < -0.4 is 4.74 Å². The second-order valence-electron chi connectivity index (χ2n) is 5.85. The van der Waals surface area contributed by atoms with Crippen molar-refractivity contribution in [3.8, 4) is 5.75 Å². The lowest BCUT2D eigenvalue weighted by molar-refractivity contribution is -0.138. The first-order valence-electron chi connectivity index (χ1n) is 7.82. The van der Waals surface area contributed by atoms with Crippen molar-refractivity contribution >= 4 is 11.9 Å². The molecule has 1 aromatic rings. The van der Waals surface area contributed by atoms with Gasteiger partial charge >= 0.3 is 12.6 Å². The van der Waals surface area contributed by atoms with Gasteiger partial charge in [0, 0.05) is 25.7 Å². The number of hydrogen-bond acceptors (Lipinski definition) is 5. The van der Waals surface area contributed by atoms with Crippen LogP contribution in [-0.2, 0) is 9.53 Å². The van der Waals surface area contributed by atoms with E-state index in [0.717, 1.165) is 18.2 Å². The molecule has 1 fully saturated rings. The number of likely N-dealkylation sites (N-methyl/N-ethyl adjacent to an activating group) is 1. The van der Waals surface area contributed by atoms with Gasteiger partial charge in [0.05, 0.1) is 24.8 Å². The van der Waals surface area contributed by atoms with E-state index in [-0.39, 0.29) is 38.3 Å². The van der Waals surface area contributed by atoms with Crippen molar-refractivity contribution in [2.45, 2.75) is 12.7 Å². The summed E-state index contributed by atoms with van der Waals surface area (Å²) in [6.07, 6.45) is -0.433. The molecule has 0 bridgehead atoms. The number of hydrogen-bond donors (Lipinski definition) is 1. The second-order valence-corrected chi connectivity index (χ2v) is 5.85. The molecular formula is C16H19F3N2O5. The molecule has 0 aromatic heterocycles. The standard InChI is InChI=1S/C16H19F3N2O5/c1-20(9-14(22)23)7-11-8-21(4-5-25-11)15(24)12-3-2-10(17)6-13(12)26-16(18)19/h2-3,6,11,16H,4-5,7-9H2,1H3,(H,22,23). The highest BCUT2D eigenvalue weighted by Crippen LogP contribution is 2.24. The molecule has 1 unspecified atom stereocenters.